The number of halogens is 1. The zero-order chi connectivity index (χ0) is 13.0. The molecule has 90 valence electrons. The number of hydrogen-bond donors (Lipinski definition) is 0. The fourth-order valence-corrected chi connectivity index (χ4v) is 1.59. The van der Waals surface area contributed by atoms with Crippen LogP contribution in [0.25, 0.3) is 0 Å². The van der Waals surface area contributed by atoms with Gasteiger partial charge in [0.1, 0.15) is 12.4 Å². The average molecular weight is 234 g/mol. The molecule has 1 amide bonds. The van der Waals surface area contributed by atoms with E-state index < -0.39 is 5.82 Å². The monoisotopic (exact) mass is 234 g/mol. The standard InChI is InChI=1S/C13H15FN2O/c1-9(2)16(5-4-15)13(17)11-6-10(3)7-12(14)8-11/h6-9H,5H2,1-3H3. The molecule has 0 unspecified atom stereocenters. The van der Waals surface area contributed by atoms with Crippen LogP contribution in [-0.4, -0.2) is 23.4 Å². The number of nitriles is 1. The summed E-state index contributed by atoms with van der Waals surface area (Å²) in [5.41, 5.74) is 0.973. The predicted octanol–water partition coefficient (Wildman–Crippen LogP) is 2.51. The lowest BCUT2D eigenvalue weighted by atomic mass is 10.1. The molecule has 0 aliphatic carbocycles. The highest BCUT2D eigenvalue weighted by Crippen LogP contribution is 2.12. The van der Waals surface area contributed by atoms with Crippen molar-refractivity contribution >= 4 is 5.91 Å². The van der Waals surface area contributed by atoms with Crippen LogP contribution in [0.15, 0.2) is 18.2 Å². The molecule has 0 bridgehead atoms. The van der Waals surface area contributed by atoms with Crippen molar-refractivity contribution in [1.29, 1.82) is 5.26 Å². The van der Waals surface area contributed by atoms with Gasteiger partial charge in [-0.2, -0.15) is 5.26 Å². The normalized spacial score (nSPS) is 10.1. The third-order valence-corrected chi connectivity index (χ3v) is 2.41. The maximum Gasteiger partial charge on any atom is 0.255 e. The van der Waals surface area contributed by atoms with E-state index in [0.29, 0.717) is 5.56 Å². The maximum atomic E-state index is 13.2. The molecular formula is C13H15FN2O. The van der Waals surface area contributed by atoms with Crippen molar-refractivity contribution in [2.75, 3.05) is 6.54 Å². The van der Waals surface area contributed by atoms with Crippen molar-refractivity contribution in [2.24, 2.45) is 0 Å². The molecule has 4 heteroatoms. The Balaban J connectivity index is 3.05. The fourth-order valence-electron chi connectivity index (χ4n) is 1.59. The lowest BCUT2D eigenvalue weighted by Gasteiger charge is -2.24. The van der Waals surface area contributed by atoms with Crippen LogP contribution in [0.2, 0.25) is 0 Å². The van der Waals surface area contributed by atoms with Crippen molar-refractivity contribution in [2.45, 2.75) is 26.8 Å². The lowest BCUT2D eigenvalue weighted by molar-refractivity contribution is 0.0731. The third-order valence-electron chi connectivity index (χ3n) is 2.41. The number of rotatable bonds is 3. The van der Waals surface area contributed by atoms with Crippen molar-refractivity contribution < 1.29 is 9.18 Å². The van der Waals surface area contributed by atoms with E-state index in [0.717, 1.165) is 0 Å². The van der Waals surface area contributed by atoms with E-state index in [9.17, 15) is 9.18 Å². The summed E-state index contributed by atoms with van der Waals surface area (Å²) in [7, 11) is 0. The van der Waals surface area contributed by atoms with Crippen LogP contribution in [0.1, 0.15) is 29.8 Å². The van der Waals surface area contributed by atoms with E-state index in [1.54, 1.807) is 13.0 Å². The number of aryl methyl sites for hydroxylation is 1. The van der Waals surface area contributed by atoms with Gasteiger partial charge in [-0.05, 0) is 44.5 Å². The van der Waals surface area contributed by atoms with Crippen LogP contribution < -0.4 is 0 Å². The predicted molar refractivity (Wildman–Crippen MR) is 62.9 cm³/mol. The molecule has 1 rings (SSSR count). The van der Waals surface area contributed by atoms with Gasteiger partial charge < -0.3 is 4.90 Å². The SMILES string of the molecule is Cc1cc(F)cc(C(=O)N(CC#N)C(C)C)c1. The Morgan fingerprint density at radius 3 is 2.59 bits per heavy atom. The zero-order valence-corrected chi connectivity index (χ0v) is 10.2. The molecule has 0 fully saturated rings. The maximum absolute atomic E-state index is 13.2. The van der Waals surface area contributed by atoms with Crippen molar-refractivity contribution in [3.8, 4) is 6.07 Å². The summed E-state index contributed by atoms with van der Waals surface area (Å²) in [6.07, 6.45) is 0. The van der Waals surface area contributed by atoms with Gasteiger partial charge in [0.25, 0.3) is 5.91 Å². The van der Waals surface area contributed by atoms with Gasteiger partial charge in [0, 0.05) is 11.6 Å². The van der Waals surface area contributed by atoms with Crippen LogP contribution in [0.3, 0.4) is 0 Å². The fraction of sp³-hybridized carbons (Fsp3) is 0.385. The minimum Gasteiger partial charge on any atom is -0.323 e. The van der Waals surface area contributed by atoms with Gasteiger partial charge >= 0.3 is 0 Å². The van der Waals surface area contributed by atoms with Crippen LogP contribution in [0, 0.1) is 24.1 Å². The summed E-state index contributed by atoms with van der Waals surface area (Å²) in [5, 5.41) is 8.67. The molecular weight excluding hydrogens is 219 g/mol. The molecule has 1 aromatic carbocycles. The van der Waals surface area contributed by atoms with Gasteiger partial charge in [0.2, 0.25) is 0 Å². The molecule has 0 atom stereocenters. The van der Waals surface area contributed by atoms with E-state index in [1.807, 2.05) is 19.9 Å². The van der Waals surface area contributed by atoms with Gasteiger partial charge in [0.15, 0.2) is 0 Å². The number of benzene rings is 1. The van der Waals surface area contributed by atoms with Gasteiger partial charge in [-0.3, -0.25) is 4.79 Å². The van der Waals surface area contributed by atoms with Crippen molar-refractivity contribution in [3.05, 3.63) is 35.1 Å². The van der Waals surface area contributed by atoms with Gasteiger partial charge in [0.05, 0.1) is 6.07 Å². The third kappa shape index (κ3) is 3.28. The minimum atomic E-state index is -0.436. The highest BCUT2D eigenvalue weighted by molar-refractivity contribution is 5.94. The topological polar surface area (TPSA) is 44.1 Å². The van der Waals surface area contributed by atoms with Crippen LogP contribution in [0.5, 0.6) is 0 Å². The van der Waals surface area contributed by atoms with E-state index in [4.69, 9.17) is 5.26 Å². The smallest absolute Gasteiger partial charge is 0.255 e. The molecule has 17 heavy (non-hydrogen) atoms. The van der Waals surface area contributed by atoms with Gasteiger partial charge in [-0.25, -0.2) is 4.39 Å². The summed E-state index contributed by atoms with van der Waals surface area (Å²) >= 11 is 0. The van der Waals surface area contributed by atoms with Crippen molar-refractivity contribution in [1.82, 2.24) is 4.90 Å². The zero-order valence-electron chi connectivity index (χ0n) is 10.2. The van der Waals surface area contributed by atoms with Crippen LogP contribution in [-0.2, 0) is 0 Å². The number of carbonyl (C=O) groups excluding carboxylic acids is 1. The van der Waals surface area contributed by atoms with Crippen LogP contribution in [0.4, 0.5) is 4.39 Å². The van der Waals surface area contributed by atoms with Crippen LogP contribution >= 0.6 is 0 Å². The first-order valence-electron chi connectivity index (χ1n) is 5.41. The summed E-state index contributed by atoms with van der Waals surface area (Å²) in [6.45, 7) is 5.37. The van der Waals surface area contributed by atoms with E-state index in [-0.39, 0.29) is 24.1 Å². The molecule has 1 aromatic rings. The Bertz CT molecular complexity index is 443. The summed E-state index contributed by atoms with van der Waals surface area (Å²) in [6, 6.07) is 6.03. The van der Waals surface area contributed by atoms with E-state index >= 15 is 0 Å². The molecule has 0 aromatic heterocycles. The van der Waals surface area contributed by atoms with E-state index in [1.165, 1.54) is 17.0 Å². The lowest BCUT2D eigenvalue weighted by Crippen LogP contribution is -2.37. The number of nitrogens with zero attached hydrogens (tertiary/aromatic N) is 2. The molecule has 0 N–H and O–H groups in total. The Morgan fingerprint density at radius 1 is 1.47 bits per heavy atom. The molecule has 0 spiro atoms. The summed E-state index contributed by atoms with van der Waals surface area (Å²) in [4.78, 5) is 13.5. The quantitative estimate of drug-likeness (QED) is 0.754. The number of amides is 1. The number of carbonyl (C=O) groups is 1. The first-order valence-corrected chi connectivity index (χ1v) is 5.41. The van der Waals surface area contributed by atoms with Gasteiger partial charge in [-0.15, -0.1) is 0 Å². The molecule has 0 heterocycles. The first kappa shape index (κ1) is 13.2. The Morgan fingerprint density at radius 2 is 2.12 bits per heavy atom. The Labute approximate surface area is 100 Å². The molecule has 0 saturated carbocycles. The molecule has 3 nitrogen and oxygen atoms in total. The Kier molecular flexibility index (Phi) is 4.22. The summed E-state index contributed by atoms with van der Waals surface area (Å²) < 4.78 is 13.2. The van der Waals surface area contributed by atoms with E-state index in [2.05, 4.69) is 0 Å². The summed E-state index contributed by atoms with van der Waals surface area (Å²) in [5.74, 6) is -0.752. The molecule has 0 aliphatic rings. The van der Waals surface area contributed by atoms with Crippen molar-refractivity contribution in [3.63, 3.8) is 0 Å². The van der Waals surface area contributed by atoms with Gasteiger partial charge in [-0.1, -0.05) is 0 Å². The highest BCUT2D eigenvalue weighted by Gasteiger charge is 2.19. The molecule has 0 aliphatic heterocycles. The minimum absolute atomic E-state index is 0.00601. The second-order valence-corrected chi connectivity index (χ2v) is 4.20. The second kappa shape index (κ2) is 5.44. The first-order chi connectivity index (χ1) is 7.95. The average Bonchev–Trinajstić information content (AvgIpc) is 2.23. The number of hydrogen-bond acceptors (Lipinski definition) is 2. The molecule has 0 saturated heterocycles. The molecule has 0 radical (unpaired) electrons. The Hall–Kier alpha value is -1.89. The largest absolute Gasteiger partial charge is 0.323 e. The second-order valence-electron chi connectivity index (χ2n) is 4.20. The highest BCUT2D eigenvalue weighted by atomic mass is 19.1.